The summed E-state index contributed by atoms with van der Waals surface area (Å²) < 4.78 is 26.7. The summed E-state index contributed by atoms with van der Waals surface area (Å²) in [6, 6.07) is 2.86. The molecule has 2 aliphatic heterocycles. The standard InChI is InChI=1S/C20H27F2N3O2/c1-14-7-15(2)12-25(11-14)19(26)13-23-3-5-24(6-4-23)20(27)16-8-17(21)10-18(22)9-16/h8-10,14-15H,3-7,11-13H2,1-2H3. The van der Waals surface area contributed by atoms with E-state index in [4.69, 9.17) is 0 Å². The van der Waals surface area contributed by atoms with Crippen molar-refractivity contribution in [3.05, 3.63) is 35.4 Å². The number of rotatable bonds is 3. The van der Waals surface area contributed by atoms with Gasteiger partial charge in [0.15, 0.2) is 0 Å². The molecule has 2 atom stereocenters. The number of halogens is 2. The van der Waals surface area contributed by atoms with Crippen molar-refractivity contribution in [3.8, 4) is 0 Å². The van der Waals surface area contributed by atoms with Crippen LogP contribution in [0.4, 0.5) is 8.78 Å². The van der Waals surface area contributed by atoms with Gasteiger partial charge in [-0.3, -0.25) is 14.5 Å². The molecule has 3 rings (SSSR count). The van der Waals surface area contributed by atoms with Gasteiger partial charge in [0.1, 0.15) is 11.6 Å². The first-order valence-electron chi connectivity index (χ1n) is 9.57. The molecule has 148 valence electrons. The Hall–Kier alpha value is -2.02. The van der Waals surface area contributed by atoms with Crippen molar-refractivity contribution < 1.29 is 18.4 Å². The topological polar surface area (TPSA) is 43.9 Å². The summed E-state index contributed by atoms with van der Waals surface area (Å²) in [5, 5.41) is 0. The Labute approximate surface area is 158 Å². The maximum absolute atomic E-state index is 13.3. The lowest BCUT2D eigenvalue weighted by molar-refractivity contribution is -0.135. The van der Waals surface area contributed by atoms with Gasteiger partial charge in [-0.2, -0.15) is 0 Å². The lowest BCUT2D eigenvalue weighted by Gasteiger charge is -2.38. The van der Waals surface area contributed by atoms with Crippen LogP contribution in [0.3, 0.4) is 0 Å². The fraction of sp³-hybridized carbons (Fsp3) is 0.600. The molecule has 0 saturated carbocycles. The molecule has 1 aromatic carbocycles. The van der Waals surface area contributed by atoms with Crippen molar-refractivity contribution in [2.75, 3.05) is 45.8 Å². The summed E-state index contributed by atoms with van der Waals surface area (Å²) in [7, 11) is 0. The van der Waals surface area contributed by atoms with E-state index in [0.717, 1.165) is 37.7 Å². The Bertz CT molecular complexity index is 674. The summed E-state index contributed by atoms with van der Waals surface area (Å²) in [4.78, 5) is 30.6. The van der Waals surface area contributed by atoms with E-state index in [0.29, 0.717) is 44.6 Å². The second kappa shape index (κ2) is 8.33. The van der Waals surface area contributed by atoms with Gasteiger partial charge in [-0.05, 0) is 30.4 Å². The molecule has 0 spiro atoms. The Balaban J connectivity index is 1.51. The first-order chi connectivity index (χ1) is 12.8. The van der Waals surface area contributed by atoms with Gasteiger partial charge < -0.3 is 9.80 Å². The van der Waals surface area contributed by atoms with Crippen molar-refractivity contribution in [2.45, 2.75) is 20.3 Å². The molecule has 27 heavy (non-hydrogen) atoms. The minimum atomic E-state index is -0.757. The molecule has 5 nitrogen and oxygen atoms in total. The Morgan fingerprint density at radius 3 is 2.04 bits per heavy atom. The fourth-order valence-electron chi connectivity index (χ4n) is 4.13. The largest absolute Gasteiger partial charge is 0.341 e. The van der Waals surface area contributed by atoms with Crippen LogP contribution in [0.2, 0.25) is 0 Å². The average molecular weight is 379 g/mol. The highest BCUT2D eigenvalue weighted by molar-refractivity contribution is 5.94. The van der Waals surface area contributed by atoms with Crippen molar-refractivity contribution in [1.82, 2.24) is 14.7 Å². The van der Waals surface area contributed by atoms with Gasteiger partial charge in [-0.15, -0.1) is 0 Å². The van der Waals surface area contributed by atoms with Crippen LogP contribution in [0, 0.1) is 23.5 Å². The number of hydrogen-bond donors (Lipinski definition) is 0. The SMILES string of the molecule is CC1CC(C)CN(C(=O)CN2CCN(C(=O)c3cc(F)cc(F)c3)CC2)C1. The highest BCUT2D eigenvalue weighted by atomic mass is 19.1. The number of carbonyl (C=O) groups excluding carboxylic acids is 2. The first-order valence-corrected chi connectivity index (χ1v) is 9.57. The predicted octanol–water partition coefficient (Wildman–Crippen LogP) is 2.23. The average Bonchev–Trinajstić information content (AvgIpc) is 2.60. The van der Waals surface area contributed by atoms with Gasteiger partial charge in [-0.25, -0.2) is 8.78 Å². The van der Waals surface area contributed by atoms with Crippen LogP contribution in [-0.4, -0.2) is 72.3 Å². The number of nitrogens with zero attached hydrogens (tertiary/aromatic N) is 3. The highest BCUT2D eigenvalue weighted by Crippen LogP contribution is 2.21. The van der Waals surface area contributed by atoms with Gasteiger partial charge in [-0.1, -0.05) is 13.8 Å². The number of benzene rings is 1. The highest BCUT2D eigenvalue weighted by Gasteiger charge is 2.28. The number of carbonyl (C=O) groups is 2. The molecule has 0 aromatic heterocycles. The summed E-state index contributed by atoms with van der Waals surface area (Å²) >= 11 is 0. The molecule has 2 saturated heterocycles. The summed E-state index contributed by atoms with van der Waals surface area (Å²) in [6.07, 6.45) is 1.16. The van der Waals surface area contributed by atoms with E-state index in [2.05, 4.69) is 13.8 Å². The zero-order chi connectivity index (χ0) is 19.6. The molecule has 0 aliphatic carbocycles. The van der Waals surface area contributed by atoms with Gasteiger partial charge in [0.25, 0.3) is 5.91 Å². The third-order valence-electron chi connectivity index (χ3n) is 5.35. The predicted molar refractivity (Wildman–Crippen MR) is 98.2 cm³/mol. The molecule has 2 amide bonds. The minimum absolute atomic E-state index is 0.0216. The fourth-order valence-corrected chi connectivity index (χ4v) is 4.13. The maximum Gasteiger partial charge on any atom is 0.254 e. The molecule has 2 heterocycles. The van der Waals surface area contributed by atoms with Crippen LogP contribution >= 0.6 is 0 Å². The molecule has 0 bridgehead atoms. The Morgan fingerprint density at radius 1 is 0.926 bits per heavy atom. The molecule has 2 aliphatic rings. The van der Waals surface area contributed by atoms with Crippen molar-refractivity contribution >= 4 is 11.8 Å². The van der Waals surface area contributed by atoms with Gasteiger partial charge in [0.05, 0.1) is 6.54 Å². The maximum atomic E-state index is 13.3. The number of piperidine rings is 1. The molecular weight excluding hydrogens is 352 g/mol. The normalized spacial score (nSPS) is 24.1. The Kier molecular flexibility index (Phi) is 6.09. The Morgan fingerprint density at radius 2 is 1.48 bits per heavy atom. The summed E-state index contributed by atoms with van der Waals surface area (Å²) in [5.41, 5.74) is 0.0216. The van der Waals surface area contributed by atoms with Crippen LogP contribution in [0.25, 0.3) is 0 Å². The molecule has 2 fully saturated rings. The van der Waals surface area contributed by atoms with Crippen LogP contribution < -0.4 is 0 Å². The second-order valence-electron chi connectivity index (χ2n) is 7.97. The van der Waals surface area contributed by atoms with Crippen molar-refractivity contribution in [2.24, 2.45) is 11.8 Å². The zero-order valence-corrected chi connectivity index (χ0v) is 16.0. The first kappa shape index (κ1) is 19.7. The summed E-state index contributed by atoms with van der Waals surface area (Å²) in [6.45, 7) is 8.37. The van der Waals surface area contributed by atoms with E-state index in [9.17, 15) is 18.4 Å². The minimum Gasteiger partial charge on any atom is -0.341 e. The monoisotopic (exact) mass is 379 g/mol. The van der Waals surface area contributed by atoms with Crippen LogP contribution in [0.1, 0.15) is 30.6 Å². The van der Waals surface area contributed by atoms with Crippen molar-refractivity contribution in [1.29, 1.82) is 0 Å². The third kappa shape index (κ3) is 5.03. The van der Waals surface area contributed by atoms with Crippen LogP contribution in [0.5, 0.6) is 0 Å². The third-order valence-corrected chi connectivity index (χ3v) is 5.35. The van der Waals surface area contributed by atoms with E-state index >= 15 is 0 Å². The lowest BCUT2D eigenvalue weighted by Crippen LogP contribution is -2.53. The molecule has 7 heteroatoms. The van der Waals surface area contributed by atoms with Gasteiger partial charge in [0.2, 0.25) is 5.91 Å². The molecule has 1 aromatic rings. The molecular formula is C20H27F2N3O2. The lowest BCUT2D eigenvalue weighted by atomic mass is 9.92. The quantitative estimate of drug-likeness (QED) is 0.809. The number of likely N-dealkylation sites (tertiary alicyclic amines) is 1. The van der Waals surface area contributed by atoms with E-state index in [1.54, 1.807) is 4.90 Å². The number of amides is 2. The van der Waals surface area contributed by atoms with E-state index in [-0.39, 0.29) is 17.4 Å². The van der Waals surface area contributed by atoms with E-state index in [1.165, 1.54) is 0 Å². The number of piperazine rings is 1. The molecule has 2 unspecified atom stereocenters. The summed E-state index contributed by atoms with van der Waals surface area (Å²) in [5.74, 6) is -0.698. The van der Waals surface area contributed by atoms with Crippen molar-refractivity contribution in [3.63, 3.8) is 0 Å². The van der Waals surface area contributed by atoms with Gasteiger partial charge >= 0.3 is 0 Å². The smallest absolute Gasteiger partial charge is 0.254 e. The molecule has 0 N–H and O–H groups in total. The van der Waals surface area contributed by atoms with E-state index in [1.807, 2.05) is 9.80 Å². The van der Waals surface area contributed by atoms with E-state index < -0.39 is 11.6 Å². The van der Waals surface area contributed by atoms with Crippen LogP contribution in [-0.2, 0) is 4.79 Å². The van der Waals surface area contributed by atoms with Crippen LogP contribution in [0.15, 0.2) is 18.2 Å². The zero-order valence-electron chi connectivity index (χ0n) is 16.0. The number of hydrogen-bond acceptors (Lipinski definition) is 3. The molecule has 0 radical (unpaired) electrons. The second-order valence-corrected chi connectivity index (χ2v) is 7.97. The van der Waals surface area contributed by atoms with Gasteiger partial charge in [0, 0.05) is 50.9 Å².